The number of anilines is 3. The van der Waals surface area contributed by atoms with Crippen LogP contribution in [0.3, 0.4) is 0 Å². The van der Waals surface area contributed by atoms with Gasteiger partial charge in [-0.25, -0.2) is 14.5 Å². The number of hydrogen-bond acceptors (Lipinski definition) is 9. The zero-order chi connectivity index (χ0) is 25.8. The van der Waals surface area contributed by atoms with Gasteiger partial charge in [-0.05, 0) is 36.4 Å². The third-order valence-corrected chi connectivity index (χ3v) is 6.52. The number of halogens is 2. The highest BCUT2D eigenvalue weighted by atomic mass is 35.5. The molecule has 0 saturated carbocycles. The van der Waals surface area contributed by atoms with Gasteiger partial charge in [0.05, 0.1) is 41.4 Å². The van der Waals surface area contributed by atoms with Crippen molar-refractivity contribution in [1.82, 2.24) is 24.5 Å². The van der Waals surface area contributed by atoms with Gasteiger partial charge in [0, 0.05) is 43.3 Å². The Balaban J connectivity index is 1.38. The quantitative estimate of drug-likeness (QED) is 0.286. The fraction of sp³-hybridized carbons (Fsp3) is 0.280. The Labute approximate surface area is 224 Å². The fourth-order valence-electron chi connectivity index (χ4n) is 4.10. The molecule has 5 rings (SSSR count). The molecule has 12 heteroatoms. The van der Waals surface area contributed by atoms with E-state index < -0.39 is 0 Å². The molecule has 0 atom stereocenters. The van der Waals surface area contributed by atoms with Crippen molar-refractivity contribution in [2.24, 2.45) is 0 Å². The van der Waals surface area contributed by atoms with Gasteiger partial charge >= 0.3 is 0 Å². The zero-order valence-corrected chi connectivity index (χ0v) is 21.4. The summed E-state index contributed by atoms with van der Waals surface area (Å²) < 4.78 is 7.30. The molecule has 0 radical (unpaired) electrons. The van der Waals surface area contributed by atoms with E-state index in [1.165, 1.54) is 0 Å². The van der Waals surface area contributed by atoms with Gasteiger partial charge in [0.25, 0.3) is 0 Å². The van der Waals surface area contributed by atoms with Gasteiger partial charge in [-0.3, -0.25) is 4.90 Å². The second kappa shape index (κ2) is 11.2. The van der Waals surface area contributed by atoms with Crippen molar-refractivity contribution in [3.63, 3.8) is 0 Å². The lowest BCUT2D eigenvalue weighted by atomic mass is 10.1. The average molecular weight is 538 g/mol. The molecule has 1 aliphatic heterocycles. The first-order valence-corrected chi connectivity index (χ1v) is 12.5. The smallest absolute Gasteiger partial charge is 0.152 e. The predicted molar refractivity (Wildman–Crippen MR) is 145 cm³/mol. The van der Waals surface area contributed by atoms with Crippen molar-refractivity contribution in [3.8, 4) is 17.3 Å². The Hall–Kier alpha value is -3.62. The van der Waals surface area contributed by atoms with Gasteiger partial charge < -0.3 is 21.1 Å². The van der Waals surface area contributed by atoms with Crippen molar-refractivity contribution in [2.75, 3.05) is 55.8 Å². The summed E-state index contributed by atoms with van der Waals surface area (Å²) in [5.74, 6) is 1.47. The molecule has 1 fully saturated rings. The van der Waals surface area contributed by atoms with Crippen molar-refractivity contribution in [1.29, 1.82) is 5.26 Å². The van der Waals surface area contributed by atoms with E-state index in [-0.39, 0.29) is 5.82 Å². The number of aromatic nitrogens is 4. The molecular weight excluding hydrogens is 513 g/mol. The average Bonchev–Trinajstić information content (AvgIpc) is 3.29. The van der Waals surface area contributed by atoms with Crippen LogP contribution in [0, 0.1) is 11.3 Å². The fourth-order valence-corrected chi connectivity index (χ4v) is 4.61. The molecule has 4 aromatic rings. The summed E-state index contributed by atoms with van der Waals surface area (Å²) in [6.07, 6.45) is 1.88. The van der Waals surface area contributed by atoms with Crippen LogP contribution in [0.5, 0.6) is 0 Å². The molecule has 3 aromatic heterocycles. The van der Waals surface area contributed by atoms with E-state index in [0.717, 1.165) is 49.6 Å². The second-order valence-electron chi connectivity index (χ2n) is 8.55. The standard InChI is InChI=1S/C25H25Cl2N9O/c26-17-2-3-19(20(27)11-17)21-15-36-22(12-18(34-36)14-35-7-9-37-10-8-35)25(32-21)31-6-5-30-23-4-1-16(13-28)24(29)33-23/h1-4,11-12,15H,5-10,14H2,(H,31,32)(H3,29,30,33). The Bertz CT molecular complexity index is 1460. The van der Waals surface area contributed by atoms with Gasteiger partial charge in [0.15, 0.2) is 5.82 Å². The molecule has 0 aliphatic carbocycles. The van der Waals surface area contributed by atoms with E-state index >= 15 is 0 Å². The normalized spacial score (nSPS) is 14.0. The number of nitrogens with one attached hydrogen (secondary N) is 2. The Morgan fingerprint density at radius 2 is 1.86 bits per heavy atom. The predicted octanol–water partition coefficient (Wildman–Crippen LogP) is 3.91. The van der Waals surface area contributed by atoms with E-state index in [4.69, 9.17) is 49.0 Å². The summed E-state index contributed by atoms with van der Waals surface area (Å²) in [6.45, 7) is 5.04. The van der Waals surface area contributed by atoms with Crippen molar-refractivity contribution < 1.29 is 4.74 Å². The molecule has 0 bridgehead atoms. The number of ether oxygens (including phenoxy) is 1. The molecule has 4 heterocycles. The molecular formula is C25H25Cl2N9O. The first kappa shape index (κ1) is 25.0. The summed E-state index contributed by atoms with van der Waals surface area (Å²) in [7, 11) is 0. The maximum atomic E-state index is 9.03. The van der Waals surface area contributed by atoms with Gasteiger partial charge in [-0.15, -0.1) is 0 Å². The molecule has 10 nitrogen and oxygen atoms in total. The maximum Gasteiger partial charge on any atom is 0.152 e. The number of fused-ring (bicyclic) bond motifs is 1. The van der Waals surface area contributed by atoms with Crippen LogP contribution in [0.25, 0.3) is 16.8 Å². The summed E-state index contributed by atoms with van der Waals surface area (Å²) in [5, 5.41) is 21.5. The van der Waals surface area contributed by atoms with Crippen molar-refractivity contribution >= 4 is 46.2 Å². The van der Waals surface area contributed by atoms with Gasteiger partial charge in [-0.2, -0.15) is 10.4 Å². The number of nitriles is 1. The highest BCUT2D eigenvalue weighted by Gasteiger charge is 2.16. The van der Waals surface area contributed by atoms with Crippen LogP contribution in [-0.4, -0.2) is 63.9 Å². The molecule has 0 amide bonds. The molecule has 1 saturated heterocycles. The number of benzene rings is 1. The molecule has 1 aliphatic rings. The third-order valence-electron chi connectivity index (χ3n) is 5.97. The Morgan fingerprint density at radius 1 is 1.05 bits per heavy atom. The molecule has 37 heavy (non-hydrogen) atoms. The van der Waals surface area contributed by atoms with Crippen LogP contribution in [0.15, 0.2) is 42.6 Å². The van der Waals surface area contributed by atoms with E-state index in [1.54, 1.807) is 24.3 Å². The lowest BCUT2D eigenvalue weighted by Crippen LogP contribution is -2.35. The lowest BCUT2D eigenvalue weighted by molar-refractivity contribution is 0.0336. The summed E-state index contributed by atoms with van der Waals surface area (Å²) in [5.41, 5.74) is 9.40. The second-order valence-corrected chi connectivity index (χ2v) is 9.39. The van der Waals surface area contributed by atoms with Crippen LogP contribution in [0.4, 0.5) is 17.5 Å². The Morgan fingerprint density at radius 3 is 2.62 bits per heavy atom. The van der Waals surface area contributed by atoms with Crippen LogP contribution < -0.4 is 16.4 Å². The van der Waals surface area contributed by atoms with E-state index in [9.17, 15) is 0 Å². The van der Waals surface area contributed by atoms with Crippen LogP contribution in [0.1, 0.15) is 11.3 Å². The molecule has 4 N–H and O–H groups in total. The SMILES string of the molecule is N#Cc1ccc(NCCNc2nc(-c3ccc(Cl)cc3Cl)cn3nc(CN4CCOCC4)cc23)nc1N. The first-order chi connectivity index (χ1) is 18.0. The van der Waals surface area contributed by atoms with Crippen LogP contribution in [-0.2, 0) is 11.3 Å². The highest BCUT2D eigenvalue weighted by molar-refractivity contribution is 6.36. The number of rotatable bonds is 8. The molecule has 190 valence electrons. The van der Waals surface area contributed by atoms with Crippen molar-refractivity contribution in [2.45, 2.75) is 6.54 Å². The number of nitrogens with two attached hydrogens (primary N) is 1. The van der Waals surface area contributed by atoms with Gasteiger partial charge in [0.2, 0.25) is 0 Å². The van der Waals surface area contributed by atoms with Gasteiger partial charge in [0.1, 0.15) is 23.2 Å². The van der Waals surface area contributed by atoms with E-state index in [0.29, 0.717) is 46.0 Å². The zero-order valence-electron chi connectivity index (χ0n) is 19.9. The van der Waals surface area contributed by atoms with E-state index in [2.05, 4.69) is 20.5 Å². The Kier molecular flexibility index (Phi) is 7.58. The third kappa shape index (κ3) is 5.87. The maximum absolute atomic E-state index is 9.03. The summed E-state index contributed by atoms with van der Waals surface area (Å²) in [4.78, 5) is 11.4. The minimum absolute atomic E-state index is 0.198. The van der Waals surface area contributed by atoms with Gasteiger partial charge in [-0.1, -0.05) is 23.2 Å². The summed E-state index contributed by atoms with van der Waals surface area (Å²) >= 11 is 12.6. The highest BCUT2D eigenvalue weighted by Crippen LogP contribution is 2.31. The molecule has 0 unspecified atom stereocenters. The number of nitrogens with zero attached hydrogens (tertiary/aromatic N) is 6. The minimum atomic E-state index is 0.198. The number of hydrogen-bond donors (Lipinski definition) is 3. The number of morpholine rings is 1. The minimum Gasteiger partial charge on any atom is -0.383 e. The first-order valence-electron chi connectivity index (χ1n) is 11.8. The molecule has 0 spiro atoms. The lowest BCUT2D eigenvalue weighted by Gasteiger charge is -2.25. The largest absolute Gasteiger partial charge is 0.383 e. The van der Waals surface area contributed by atoms with E-state index in [1.807, 2.05) is 28.9 Å². The monoisotopic (exact) mass is 537 g/mol. The van der Waals surface area contributed by atoms with Crippen LogP contribution in [0.2, 0.25) is 10.0 Å². The van der Waals surface area contributed by atoms with Crippen LogP contribution >= 0.6 is 23.2 Å². The molecule has 1 aromatic carbocycles. The number of nitrogen functional groups attached to an aromatic ring is 1. The van der Waals surface area contributed by atoms with Crippen molar-refractivity contribution in [3.05, 3.63) is 63.9 Å². The summed E-state index contributed by atoms with van der Waals surface area (Å²) in [6, 6.07) is 12.8. The number of pyridine rings is 1. The topological polar surface area (TPSA) is 129 Å².